The minimum atomic E-state index is -4.41. The first-order valence-corrected chi connectivity index (χ1v) is 10.9. The Morgan fingerprint density at radius 1 is 1.16 bits per heavy atom. The Balaban J connectivity index is 1.74. The lowest BCUT2D eigenvalue weighted by molar-refractivity contribution is -0.137. The van der Waals surface area contributed by atoms with Crippen LogP contribution in [-0.4, -0.2) is 38.3 Å². The molecular weight excluding hydrogens is 427 g/mol. The molecule has 2 aromatic heterocycles. The van der Waals surface area contributed by atoms with Crippen molar-refractivity contribution < 1.29 is 18.0 Å². The Kier molecular flexibility index (Phi) is 6.31. The van der Waals surface area contributed by atoms with Crippen molar-refractivity contribution in [2.24, 2.45) is 0 Å². The van der Waals surface area contributed by atoms with E-state index in [4.69, 9.17) is 0 Å². The highest BCUT2D eigenvalue weighted by molar-refractivity contribution is 7.98. The number of thioether (sulfide) groups is 1. The van der Waals surface area contributed by atoms with Crippen molar-refractivity contribution in [3.05, 3.63) is 52.3 Å². The molecule has 0 aliphatic carbocycles. The fourth-order valence-electron chi connectivity index (χ4n) is 3.29. The molecule has 0 atom stereocenters. The molecule has 10 heteroatoms. The van der Waals surface area contributed by atoms with Crippen LogP contribution in [0.2, 0.25) is 0 Å². The van der Waals surface area contributed by atoms with Gasteiger partial charge >= 0.3 is 6.18 Å². The van der Waals surface area contributed by atoms with Gasteiger partial charge in [0.25, 0.3) is 5.78 Å². The third kappa shape index (κ3) is 5.00. The molecule has 0 radical (unpaired) electrons. The first kappa shape index (κ1) is 23.1. The van der Waals surface area contributed by atoms with Gasteiger partial charge in [-0.2, -0.15) is 18.2 Å². The lowest BCUT2D eigenvalue weighted by atomic mass is 9.83. The number of hydrogen-bond donors (Lipinski definition) is 1. The Morgan fingerprint density at radius 2 is 1.84 bits per heavy atom. The minimum absolute atomic E-state index is 0.0910. The van der Waals surface area contributed by atoms with Gasteiger partial charge in [-0.15, -0.1) is 5.10 Å². The number of nitrogens with one attached hydrogen (secondary N) is 1. The summed E-state index contributed by atoms with van der Waals surface area (Å²) < 4.78 is 40.7. The number of benzene rings is 1. The number of alkyl halides is 3. The Hall–Kier alpha value is -2.62. The van der Waals surface area contributed by atoms with Crippen molar-refractivity contribution in [3.8, 4) is 0 Å². The van der Waals surface area contributed by atoms with E-state index in [9.17, 15) is 18.0 Å². The number of halogens is 3. The van der Waals surface area contributed by atoms with Gasteiger partial charge < -0.3 is 5.32 Å². The fraction of sp³-hybridized carbons (Fsp3) is 0.429. The van der Waals surface area contributed by atoms with Crippen molar-refractivity contribution in [3.63, 3.8) is 0 Å². The highest BCUT2D eigenvalue weighted by Gasteiger charge is 2.32. The average Bonchev–Trinajstić information content (AvgIpc) is 3.12. The van der Waals surface area contributed by atoms with Crippen molar-refractivity contribution in [1.82, 2.24) is 24.9 Å². The molecule has 3 aromatic rings. The van der Waals surface area contributed by atoms with Gasteiger partial charge in [0.1, 0.15) is 0 Å². The zero-order valence-electron chi connectivity index (χ0n) is 18.0. The number of nitrogens with zero attached hydrogens (tertiary/aromatic N) is 4. The third-order valence-corrected chi connectivity index (χ3v) is 5.79. The Labute approximate surface area is 182 Å². The molecule has 0 unspecified atom stereocenters. The normalized spacial score (nSPS) is 12.4. The van der Waals surface area contributed by atoms with E-state index < -0.39 is 17.2 Å². The van der Waals surface area contributed by atoms with Gasteiger partial charge in [0, 0.05) is 28.9 Å². The zero-order valence-corrected chi connectivity index (χ0v) is 18.8. The van der Waals surface area contributed by atoms with Crippen LogP contribution in [0.5, 0.6) is 0 Å². The summed E-state index contributed by atoms with van der Waals surface area (Å²) in [6.07, 6.45) is -2.45. The number of amides is 1. The molecule has 0 saturated carbocycles. The maximum atomic E-state index is 13.0. The smallest absolute Gasteiger partial charge is 0.355 e. The van der Waals surface area contributed by atoms with Crippen molar-refractivity contribution in [2.45, 2.75) is 50.9 Å². The van der Waals surface area contributed by atoms with Crippen LogP contribution in [0, 0.1) is 13.8 Å². The highest BCUT2D eigenvalue weighted by atomic mass is 32.2. The van der Waals surface area contributed by atoms with E-state index in [1.165, 1.54) is 17.8 Å². The van der Waals surface area contributed by atoms with Crippen LogP contribution in [0.4, 0.5) is 13.2 Å². The van der Waals surface area contributed by atoms with E-state index in [0.29, 0.717) is 22.2 Å². The van der Waals surface area contributed by atoms with Crippen LogP contribution in [-0.2, 0) is 22.8 Å². The second-order valence-corrected chi connectivity index (χ2v) is 8.76. The van der Waals surface area contributed by atoms with E-state index >= 15 is 0 Å². The molecule has 3 rings (SSSR count). The molecule has 0 aliphatic heterocycles. The average molecular weight is 452 g/mol. The number of aromatic nitrogens is 4. The summed E-state index contributed by atoms with van der Waals surface area (Å²) in [6, 6.07) is 5.20. The van der Waals surface area contributed by atoms with Gasteiger partial charge in [-0.3, -0.25) is 4.79 Å². The lowest BCUT2D eigenvalue weighted by Crippen LogP contribution is -2.37. The van der Waals surface area contributed by atoms with Gasteiger partial charge in [-0.1, -0.05) is 43.8 Å². The molecule has 1 N–H and O–H groups in total. The number of hydrogen-bond acceptors (Lipinski definition) is 5. The molecule has 2 heterocycles. The maximum absolute atomic E-state index is 13.0. The molecule has 0 spiro atoms. The number of fused-ring (bicyclic) bond motifs is 1. The van der Waals surface area contributed by atoms with Crippen LogP contribution in [0.1, 0.15) is 41.9 Å². The predicted molar refractivity (Wildman–Crippen MR) is 113 cm³/mol. The number of carbonyl (C=O) groups is 1. The molecule has 0 fully saturated rings. The standard InChI is InChI=1S/C21H24F3N5OS/c1-12-16(13(2)29-18(26-12)27-19(28-29)31-5)10-17(30)25-11-20(3,4)14-7-6-8-15(9-14)21(22,23)24/h6-9H,10-11H2,1-5H3,(H,25,30). The van der Waals surface area contributed by atoms with Crippen molar-refractivity contribution in [2.75, 3.05) is 12.8 Å². The highest BCUT2D eigenvalue weighted by Crippen LogP contribution is 2.32. The zero-order chi connectivity index (χ0) is 23.0. The first-order chi connectivity index (χ1) is 14.4. The maximum Gasteiger partial charge on any atom is 0.416 e. The van der Waals surface area contributed by atoms with E-state index in [2.05, 4.69) is 20.4 Å². The quantitative estimate of drug-likeness (QED) is 0.571. The van der Waals surface area contributed by atoms with Gasteiger partial charge in [0.2, 0.25) is 11.1 Å². The number of carbonyl (C=O) groups excluding carboxylic acids is 1. The van der Waals surface area contributed by atoms with E-state index in [0.717, 1.165) is 23.4 Å². The van der Waals surface area contributed by atoms with E-state index in [-0.39, 0.29) is 18.9 Å². The van der Waals surface area contributed by atoms with Gasteiger partial charge in [-0.05, 0) is 31.7 Å². The molecule has 0 saturated heterocycles. The molecular formula is C21H24F3N5OS. The lowest BCUT2D eigenvalue weighted by Gasteiger charge is -2.26. The summed E-state index contributed by atoms with van der Waals surface area (Å²) in [5.41, 5.74) is 1.35. The summed E-state index contributed by atoms with van der Waals surface area (Å²) in [5.74, 6) is 0.242. The molecule has 0 aliphatic rings. The van der Waals surface area contributed by atoms with Crippen LogP contribution >= 0.6 is 11.8 Å². The second-order valence-electron chi connectivity index (χ2n) is 7.99. The topological polar surface area (TPSA) is 72.2 Å². The molecule has 166 valence electrons. The van der Waals surface area contributed by atoms with Gasteiger partial charge in [0.15, 0.2) is 0 Å². The molecule has 1 aromatic carbocycles. The molecule has 6 nitrogen and oxygen atoms in total. The SMILES string of the molecule is CSc1nc2nc(C)c(CC(=O)NCC(C)(C)c3cccc(C(F)(F)F)c3)c(C)n2n1. The van der Waals surface area contributed by atoms with E-state index in [1.807, 2.05) is 20.1 Å². The van der Waals surface area contributed by atoms with Crippen LogP contribution < -0.4 is 5.32 Å². The van der Waals surface area contributed by atoms with Crippen LogP contribution in [0.25, 0.3) is 5.78 Å². The second kappa shape index (κ2) is 8.49. The summed E-state index contributed by atoms with van der Waals surface area (Å²) >= 11 is 1.41. The minimum Gasteiger partial charge on any atom is -0.355 e. The van der Waals surface area contributed by atoms with Crippen molar-refractivity contribution in [1.29, 1.82) is 0 Å². The number of rotatable bonds is 6. The van der Waals surface area contributed by atoms with Crippen LogP contribution in [0.3, 0.4) is 0 Å². The summed E-state index contributed by atoms with van der Waals surface area (Å²) in [4.78, 5) is 21.4. The largest absolute Gasteiger partial charge is 0.416 e. The van der Waals surface area contributed by atoms with Crippen molar-refractivity contribution >= 4 is 23.4 Å². The van der Waals surface area contributed by atoms with Gasteiger partial charge in [0.05, 0.1) is 12.0 Å². The fourth-order valence-corrected chi connectivity index (χ4v) is 3.63. The Bertz CT molecular complexity index is 1120. The molecule has 31 heavy (non-hydrogen) atoms. The summed E-state index contributed by atoms with van der Waals surface area (Å²) in [6.45, 7) is 7.46. The van der Waals surface area contributed by atoms with Crippen LogP contribution in [0.15, 0.2) is 29.4 Å². The monoisotopic (exact) mass is 451 g/mol. The third-order valence-electron chi connectivity index (χ3n) is 5.25. The van der Waals surface area contributed by atoms with Gasteiger partial charge in [-0.25, -0.2) is 9.50 Å². The first-order valence-electron chi connectivity index (χ1n) is 9.63. The molecule has 1 amide bonds. The Morgan fingerprint density at radius 3 is 2.48 bits per heavy atom. The molecule has 0 bridgehead atoms. The summed E-state index contributed by atoms with van der Waals surface area (Å²) in [5, 5.41) is 7.82. The summed E-state index contributed by atoms with van der Waals surface area (Å²) in [7, 11) is 0. The number of aryl methyl sites for hydroxylation is 2. The predicted octanol–water partition coefficient (Wildman–Crippen LogP) is 4.12. The van der Waals surface area contributed by atoms with E-state index in [1.54, 1.807) is 24.4 Å².